The molecule has 2 rings (SSSR count). The fourth-order valence-corrected chi connectivity index (χ4v) is 3.25. The van der Waals surface area contributed by atoms with Crippen LogP contribution in [0.25, 0.3) is 0 Å². The number of non-ortho nitro benzene ring substituents is 1. The van der Waals surface area contributed by atoms with E-state index in [0.717, 1.165) is 6.07 Å². The van der Waals surface area contributed by atoms with Crippen molar-refractivity contribution in [2.24, 2.45) is 0 Å². The second-order valence-corrected chi connectivity index (χ2v) is 8.08. The van der Waals surface area contributed by atoms with Crippen molar-refractivity contribution in [1.82, 2.24) is 10.2 Å². The van der Waals surface area contributed by atoms with Gasteiger partial charge in [-0.1, -0.05) is 18.2 Å². The number of rotatable bonds is 11. The van der Waals surface area contributed by atoms with Crippen LogP contribution in [0.2, 0.25) is 0 Å². The second kappa shape index (κ2) is 12.5. The molecule has 0 spiro atoms. The quantitative estimate of drug-likeness (QED) is 0.300. The Morgan fingerprint density at radius 2 is 1.91 bits per heavy atom. The van der Waals surface area contributed by atoms with Crippen molar-refractivity contribution in [3.05, 3.63) is 75.6 Å². The first-order valence-corrected chi connectivity index (χ1v) is 11.3. The van der Waals surface area contributed by atoms with E-state index in [0.29, 0.717) is 11.3 Å². The zero-order valence-corrected chi connectivity index (χ0v) is 19.0. The van der Waals surface area contributed by atoms with Gasteiger partial charge >= 0.3 is 5.97 Å². The Bertz CT molecular complexity index is 1000. The maximum atomic E-state index is 13.0. The van der Waals surface area contributed by atoms with Gasteiger partial charge in [-0.05, 0) is 42.2 Å². The number of benzene rings is 2. The van der Waals surface area contributed by atoms with Crippen LogP contribution >= 0.6 is 11.8 Å². The number of halogens is 1. The number of carbonyl (C=O) groups excluding carboxylic acids is 3. The molecule has 9 nitrogen and oxygen atoms in total. The summed E-state index contributed by atoms with van der Waals surface area (Å²) in [6, 6.07) is 9.78. The molecule has 2 aromatic rings. The lowest BCUT2D eigenvalue weighted by atomic mass is 10.1. The van der Waals surface area contributed by atoms with Gasteiger partial charge in [-0.25, -0.2) is 9.18 Å². The van der Waals surface area contributed by atoms with Crippen LogP contribution < -0.4 is 5.32 Å². The molecule has 0 fully saturated rings. The SMILES string of the molecule is CSCCC(NC(=O)c1cccc([N+](=O)[O-])c1)C(=O)OCC(=O)N(C)Cc1ccc(F)cc1. The van der Waals surface area contributed by atoms with E-state index in [1.165, 1.54) is 54.0 Å². The Balaban J connectivity index is 1.96. The predicted molar refractivity (Wildman–Crippen MR) is 121 cm³/mol. The van der Waals surface area contributed by atoms with Crippen LogP contribution in [0.1, 0.15) is 22.3 Å². The normalized spacial score (nSPS) is 11.4. The Labute approximate surface area is 194 Å². The number of nitro groups is 1. The summed E-state index contributed by atoms with van der Waals surface area (Å²) in [5.41, 5.74) is 0.488. The fraction of sp³-hybridized carbons (Fsp3) is 0.318. The van der Waals surface area contributed by atoms with E-state index in [1.54, 1.807) is 12.1 Å². The van der Waals surface area contributed by atoms with Crippen molar-refractivity contribution in [2.45, 2.75) is 19.0 Å². The summed E-state index contributed by atoms with van der Waals surface area (Å²) in [5.74, 6) is -1.77. The fourth-order valence-electron chi connectivity index (χ4n) is 2.78. The highest BCUT2D eigenvalue weighted by Crippen LogP contribution is 2.14. The smallest absolute Gasteiger partial charge is 0.329 e. The summed E-state index contributed by atoms with van der Waals surface area (Å²) in [7, 11) is 1.52. The van der Waals surface area contributed by atoms with E-state index in [1.807, 2.05) is 6.26 Å². The minimum atomic E-state index is -1.03. The second-order valence-electron chi connectivity index (χ2n) is 7.10. The van der Waals surface area contributed by atoms with Gasteiger partial charge in [0.15, 0.2) is 6.61 Å². The number of esters is 1. The first kappa shape index (κ1) is 25.8. The third-order valence-corrected chi connectivity index (χ3v) is 5.26. The number of carbonyl (C=O) groups is 3. The molecule has 11 heteroatoms. The van der Waals surface area contributed by atoms with Crippen LogP contribution in [0.5, 0.6) is 0 Å². The standard InChI is InChI=1S/C22H24FN3O6S/c1-25(13-15-6-8-17(23)9-7-15)20(27)14-32-22(29)19(10-11-33-2)24-21(28)16-4-3-5-18(12-16)26(30)31/h3-9,12,19H,10-11,13-14H2,1-2H3,(H,24,28). The summed E-state index contributed by atoms with van der Waals surface area (Å²) < 4.78 is 18.1. The first-order chi connectivity index (χ1) is 15.7. The van der Waals surface area contributed by atoms with Crippen LogP contribution in [0.15, 0.2) is 48.5 Å². The average molecular weight is 478 g/mol. The molecule has 0 saturated carbocycles. The van der Waals surface area contributed by atoms with Crippen LogP contribution in [0.4, 0.5) is 10.1 Å². The summed E-state index contributed by atoms with van der Waals surface area (Å²) >= 11 is 1.46. The van der Waals surface area contributed by atoms with Gasteiger partial charge in [0.25, 0.3) is 17.5 Å². The maximum Gasteiger partial charge on any atom is 0.329 e. The highest BCUT2D eigenvalue weighted by Gasteiger charge is 2.24. The number of hydrogen-bond donors (Lipinski definition) is 1. The minimum absolute atomic E-state index is 0.0289. The van der Waals surface area contributed by atoms with E-state index in [9.17, 15) is 28.9 Å². The number of nitrogens with one attached hydrogen (secondary N) is 1. The number of nitrogens with zero attached hydrogens (tertiary/aromatic N) is 2. The molecule has 176 valence electrons. The molecule has 0 heterocycles. The molecule has 0 bridgehead atoms. The third-order valence-electron chi connectivity index (χ3n) is 4.62. The molecule has 1 N–H and O–H groups in total. The van der Waals surface area contributed by atoms with Crippen molar-refractivity contribution >= 4 is 35.2 Å². The molecule has 2 aromatic carbocycles. The van der Waals surface area contributed by atoms with Gasteiger partial charge in [0.1, 0.15) is 11.9 Å². The van der Waals surface area contributed by atoms with Crippen molar-refractivity contribution < 1.29 is 28.4 Å². The lowest BCUT2D eigenvalue weighted by molar-refractivity contribution is -0.384. The van der Waals surface area contributed by atoms with Crippen LogP contribution in [-0.4, -0.2) is 59.3 Å². The monoisotopic (exact) mass is 477 g/mol. The molecule has 0 aliphatic rings. The van der Waals surface area contributed by atoms with Gasteiger partial charge in [0, 0.05) is 31.3 Å². The molecule has 0 saturated heterocycles. The van der Waals surface area contributed by atoms with Crippen molar-refractivity contribution in [3.63, 3.8) is 0 Å². The molecule has 0 radical (unpaired) electrons. The molecule has 1 atom stereocenters. The molecule has 0 aromatic heterocycles. The van der Waals surface area contributed by atoms with Crippen LogP contribution in [0, 0.1) is 15.9 Å². The molecule has 0 aliphatic carbocycles. The van der Waals surface area contributed by atoms with Gasteiger partial charge in [-0.2, -0.15) is 11.8 Å². The Morgan fingerprint density at radius 1 is 1.21 bits per heavy atom. The van der Waals surface area contributed by atoms with E-state index in [2.05, 4.69) is 5.32 Å². The van der Waals surface area contributed by atoms with E-state index in [4.69, 9.17) is 4.74 Å². The van der Waals surface area contributed by atoms with Gasteiger partial charge in [-0.3, -0.25) is 19.7 Å². The number of amides is 2. The summed E-state index contributed by atoms with van der Waals surface area (Å²) in [4.78, 5) is 49.0. The summed E-state index contributed by atoms with van der Waals surface area (Å²) in [6.45, 7) is -0.324. The largest absolute Gasteiger partial charge is 0.454 e. The van der Waals surface area contributed by atoms with Crippen molar-refractivity contribution in [2.75, 3.05) is 25.7 Å². The highest BCUT2D eigenvalue weighted by molar-refractivity contribution is 7.98. The molecular weight excluding hydrogens is 453 g/mol. The van der Waals surface area contributed by atoms with Gasteiger partial charge < -0.3 is 15.0 Å². The van der Waals surface area contributed by atoms with E-state index >= 15 is 0 Å². The number of ether oxygens (including phenoxy) is 1. The maximum absolute atomic E-state index is 13.0. The third kappa shape index (κ3) is 8.19. The Hall–Kier alpha value is -3.47. The van der Waals surface area contributed by atoms with Crippen LogP contribution in [-0.2, 0) is 20.9 Å². The highest BCUT2D eigenvalue weighted by atomic mass is 32.2. The molecular formula is C22H24FN3O6S. The molecule has 1 unspecified atom stereocenters. The summed E-state index contributed by atoms with van der Waals surface area (Å²) in [5, 5.41) is 13.4. The first-order valence-electron chi connectivity index (χ1n) is 9.90. The van der Waals surface area contributed by atoms with Crippen molar-refractivity contribution in [1.29, 1.82) is 0 Å². The number of thioether (sulfide) groups is 1. The Kier molecular flexibility index (Phi) is 9.80. The lowest BCUT2D eigenvalue weighted by Gasteiger charge is -2.20. The molecule has 0 aliphatic heterocycles. The number of nitro benzene ring substituents is 1. The van der Waals surface area contributed by atoms with E-state index < -0.39 is 35.4 Å². The average Bonchev–Trinajstić information content (AvgIpc) is 2.81. The molecule has 2 amide bonds. The van der Waals surface area contributed by atoms with Crippen LogP contribution in [0.3, 0.4) is 0 Å². The van der Waals surface area contributed by atoms with Gasteiger partial charge in [0.2, 0.25) is 0 Å². The van der Waals surface area contributed by atoms with Crippen molar-refractivity contribution in [3.8, 4) is 0 Å². The van der Waals surface area contributed by atoms with Gasteiger partial charge in [0.05, 0.1) is 4.92 Å². The number of likely N-dealkylation sites (N-methyl/N-ethyl adjacent to an activating group) is 1. The molecule has 33 heavy (non-hydrogen) atoms. The zero-order valence-electron chi connectivity index (χ0n) is 18.2. The van der Waals surface area contributed by atoms with E-state index in [-0.39, 0.29) is 30.0 Å². The van der Waals surface area contributed by atoms with Gasteiger partial charge in [-0.15, -0.1) is 0 Å². The Morgan fingerprint density at radius 3 is 2.55 bits per heavy atom. The number of hydrogen-bond acceptors (Lipinski definition) is 7. The summed E-state index contributed by atoms with van der Waals surface area (Å²) in [6.07, 6.45) is 2.08. The lowest BCUT2D eigenvalue weighted by Crippen LogP contribution is -2.43. The minimum Gasteiger partial charge on any atom is -0.454 e. The topological polar surface area (TPSA) is 119 Å². The zero-order chi connectivity index (χ0) is 24.4. The predicted octanol–water partition coefficient (Wildman–Crippen LogP) is 2.79.